The molecule has 0 fully saturated rings. The van der Waals surface area contributed by atoms with E-state index in [-0.39, 0.29) is 29.5 Å². The van der Waals surface area contributed by atoms with E-state index >= 15 is 0 Å². The number of carbonyl (C=O) groups is 2. The van der Waals surface area contributed by atoms with Crippen molar-refractivity contribution < 1.29 is 14.5 Å². The van der Waals surface area contributed by atoms with Crippen molar-refractivity contribution in [2.24, 2.45) is 0 Å². The first-order chi connectivity index (χ1) is 17.0. The Balaban J connectivity index is 1.75. The summed E-state index contributed by atoms with van der Waals surface area (Å²) in [4.78, 5) is 37.4. The highest BCUT2D eigenvalue weighted by Gasteiger charge is 2.23. The van der Waals surface area contributed by atoms with Crippen molar-refractivity contribution in [2.75, 3.05) is 18.4 Å². The number of hydrogen-bond acceptors (Lipinski definition) is 5. The molecule has 0 bridgehead atoms. The third-order valence-electron chi connectivity index (χ3n) is 5.64. The minimum absolute atomic E-state index is 0.0233. The van der Waals surface area contributed by atoms with E-state index in [9.17, 15) is 19.7 Å². The molecule has 1 N–H and O–H groups in total. The molecule has 2 aromatic carbocycles. The summed E-state index contributed by atoms with van der Waals surface area (Å²) < 4.78 is 1.72. The van der Waals surface area contributed by atoms with Crippen LogP contribution in [0, 0.1) is 17.0 Å². The van der Waals surface area contributed by atoms with E-state index in [0.29, 0.717) is 17.9 Å². The molecular formula is C27H31N5O4. The lowest BCUT2D eigenvalue weighted by molar-refractivity contribution is -0.384. The number of hydrogen-bond donors (Lipinski definition) is 1. The molecular weight excluding hydrogens is 458 g/mol. The second kappa shape index (κ2) is 11.0. The average Bonchev–Trinajstić information content (AvgIpc) is 3.25. The number of anilines is 1. The van der Waals surface area contributed by atoms with E-state index in [1.54, 1.807) is 29.8 Å². The Hall–Kier alpha value is -4.27. The van der Waals surface area contributed by atoms with Gasteiger partial charge in [0, 0.05) is 36.2 Å². The molecule has 0 aliphatic carbocycles. The Morgan fingerprint density at radius 2 is 1.81 bits per heavy atom. The number of aryl methyl sites for hydroxylation is 1. The van der Waals surface area contributed by atoms with Gasteiger partial charge in [0.25, 0.3) is 5.69 Å². The molecule has 3 rings (SSSR count). The number of amides is 2. The molecule has 2 amide bonds. The lowest BCUT2D eigenvalue weighted by atomic mass is 9.92. The summed E-state index contributed by atoms with van der Waals surface area (Å²) in [5, 5.41) is 18.5. The fourth-order valence-corrected chi connectivity index (χ4v) is 3.50. The summed E-state index contributed by atoms with van der Waals surface area (Å²) in [6, 6.07) is 15.5. The summed E-state index contributed by atoms with van der Waals surface area (Å²) in [5.74, 6) is -0.151. The molecule has 3 aromatic rings. The second-order valence-corrected chi connectivity index (χ2v) is 9.45. The number of para-hydroxylation sites is 1. The molecule has 1 heterocycles. The Morgan fingerprint density at radius 1 is 1.14 bits per heavy atom. The molecule has 0 aliphatic rings. The molecule has 0 aliphatic heterocycles. The molecule has 188 valence electrons. The minimum Gasteiger partial charge on any atom is -0.330 e. The zero-order valence-corrected chi connectivity index (χ0v) is 21.2. The number of nitro benzene ring substituents is 1. The van der Waals surface area contributed by atoms with Crippen LogP contribution in [0.4, 0.5) is 11.5 Å². The van der Waals surface area contributed by atoms with Crippen LogP contribution in [-0.2, 0) is 15.0 Å². The highest BCUT2D eigenvalue weighted by Crippen LogP contribution is 2.27. The third-order valence-corrected chi connectivity index (χ3v) is 5.64. The van der Waals surface area contributed by atoms with Gasteiger partial charge in [-0.2, -0.15) is 5.10 Å². The van der Waals surface area contributed by atoms with Gasteiger partial charge >= 0.3 is 0 Å². The highest BCUT2D eigenvalue weighted by atomic mass is 16.6. The van der Waals surface area contributed by atoms with E-state index in [1.807, 2.05) is 37.3 Å². The highest BCUT2D eigenvalue weighted by molar-refractivity contribution is 5.97. The largest absolute Gasteiger partial charge is 0.330 e. The maximum Gasteiger partial charge on any atom is 0.269 e. The van der Waals surface area contributed by atoms with Crippen molar-refractivity contribution in [1.29, 1.82) is 0 Å². The van der Waals surface area contributed by atoms with Gasteiger partial charge in [-0.1, -0.05) is 39.0 Å². The molecule has 9 heteroatoms. The topological polar surface area (TPSA) is 110 Å². The van der Waals surface area contributed by atoms with Crippen LogP contribution in [0.3, 0.4) is 0 Å². The fourth-order valence-electron chi connectivity index (χ4n) is 3.50. The molecule has 36 heavy (non-hydrogen) atoms. The lowest BCUT2D eigenvalue weighted by Gasteiger charge is -2.19. The SMILES string of the molecule is CCN(CC(=O)Nc1cc(C(C)(C)C)nn1-c1ccccc1C)C(=O)C=Cc1ccc([N+](=O)[O-])cc1. The summed E-state index contributed by atoms with van der Waals surface area (Å²) in [6.45, 7) is 10.1. The molecule has 0 saturated heterocycles. The lowest BCUT2D eigenvalue weighted by Crippen LogP contribution is -2.37. The second-order valence-electron chi connectivity index (χ2n) is 9.45. The van der Waals surface area contributed by atoms with Crippen LogP contribution in [0.1, 0.15) is 44.5 Å². The predicted octanol–water partition coefficient (Wildman–Crippen LogP) is 4.89. The van der Waals surface area contributed by atoms with Gasteiger partial charge in [0.1, 0.15) is 12.4 Å². The van der Waals surface area contributed by atoms with Crippen molar-refractivity contribution in [3.05, 3.63) is 87.6 Å². The van der Waals surface area contributed by atoms with Gasteiger partial charge in [-0.3, -0.25) is 19.7 Å². The minimum atomic E-state index is -0.481. The number of nitrogens with zero attached hydrogens (tertiary/aromatic N) is 4. The van der Waals surface area contributed by atoms with Crippen LogP contribution in [0.5, 0.6) is 0 Å². The van der Waals surface area contributed by atoms with E-state index < -0.39 is 4.92 Å². The van der Waals surface area contributed by atoms with Crippen molar-refractivity contribution in [2.45, 2.75) is 40.0 Å². The quantitative estimate of drug-likeness (QED) is 0.275. The van der Waals surface area contributed by atoms with E-state index in [0.717, 1.165) is 16.9 Å². The number of carbonyl (C=O) groups excluding carboxylic acids is 2. The van der Waals surface area contributed by atoms with Crippen molar-refractivity contribution in [1.82, 2.24) is 14.7 Å². The first kappa shape index (κ1) is 26.3. The number of rotatable bonds is 8. The molecule has 0 unspecified atom stereocenters. The molecule has 0 saturated carbocycles. The molecule has 0 atom stereocenters. The van der Waals surface area contributed by atoms with Crippen molar-refractivity contribution >= 4 is 29.4 Å². The van der Waals surface area contributed by atoms with Gasteiger partial charge in [-0.15, -0.1) is 0 Å². The Bertz CT molecular complexity index is 1290. The van der Waals surface area contributed by atoms with Gasteiger partial charge in [0.2, 0.25) is 11.8 Å². The van der Waals surface area contributed by atoms with Crippen molar-refractivity contribution in [3.8, 4) is 5.69 Å². The Morgan fingerprint density at radius 3 is 2.39 bits per heavy atom. The van der Waals surface area contributed by atoms with Gasteiger partial charge in [-0.25, -0.2) is 4.68 Å². The van der Waals surface area contributed by atoms with Crippen LogP contribution >= 0.6 is 0 Å². The molecule has 1 aromatic heterocycles. The van der Waals surface area contributed by atoms with E-state index in [2.05, 4.69) is 26.1 Å². The van der Waals surface area contributed by atoms with Gasteiger partial charge in [0.05, 0.1) is 16.3 Å². The van der Waals surface area contributed by atoms with E-state index in [4.69, 9.17) is 5.10 Å². The van der Waals surface area contributed by atoms with E-state index in [1.165, 1.54) is 23.1 Å². The first-order valence-corrected chi connectivity index (χ1v) is 11.7. The zero-order chi connectivity index (χ0) is 26.5. The van der Waals surface area contributed by atoms with Crippen LogP contribution in [0.25, 0.3) is 11.8 Å². The zero-order valence-electron chi connectivity index (χ0n) is 21.2. The number of nitrogens with one attached hydrogen (secondary N) is 1. The van der Waals surface area contributed by atoms with Crippen LogP contribution in [0.2, 0.25) is 0 Å². The maximum absolute atomic E-state index is 13.0. The number of likely N-dealkylation sites (N-methyl/N-ethyl adjacent to an activating group) is 1. The maximum atomic E-state index is 13.0. The normalized spacial score (nSPS) is 11.5. The number of non-ortho nitro benzene ring substituents is 1. The summed E-state index contributed by atoms with van der Waals surface area (Å²) >= 11 is 0. The summed E-state index contributed by atoms with van der Waals surface area (Å²) in [5.41, 5.74) is 3.10. The summed E-state index contributed by atoms with van der Waals surface area (Å²) in [6.07, 6.45) is 2.92. The standard InChI is InChI=1S/C27H31N5O4/c1-6-30(26(34)16-13-20-11-14-21(15-12-20)32(35)36)18-25(33)28-24-17-23(27(3,4)5)29-31(24)22-10-8-7-9-19(22)2/h7-17H,6,18H2,1-5H3,(H,28,33). The third kappa shape index (κ3) is 6.44. The number of nitro groups is 1. The summed E-state index contributed by atoms with van der Waals surface area (Å²) in [7, 11) is 0. The van der Waals surface area contributed by atoms with Crippen LogP contribution in [-0.4, -0.2) is 44.5 Å². The molecule has 0 radical (unpaired) electrons. The van der Waals surface area contributed by atoms with Crippen LogP contribution < -0.4 is 5.32 Å². The Labute approximate surface area is 210 Å². The van der Waals surface area contributed by atoms with Crippen molar-refractivity contribution in [3.63, 3.8) is 0 Å². The monoisotopic (exact) mass is 489 g/mol. The average molecular weight is 490 g/mol. The fraction of sp³-hybridized carbons (Fsp3) is 0.296. The van der Waals surface area contributed by atoms with Gasteiger partial charge in [-0.05, 0) is 49.2 Å². The van der Waals surface area contributed by atoms with Gasteiger partial charge < -0.3 is 10.2 Å². The van der Waals surface area contributed by atoms with Gasteiger partial charge in [0.15, 0.2) is 0 Å². The number of aromatic nitrogens is 2. The smallest absolute Gasteiger partial charge is 0.269 e. The number of benzene rings is 2. The molecule has 0 spiro atoms. The van der Waals surface area contributed by atoms with Crippen LogP contribution in [0.15, 0.2) is 60.7 Å². The molecule has 9 nitrogen and oxygen atoms in total. The first-order valence-electron chi connectivity index (χ1n) is 11.7. The predicted molar refractivity (Wildman–Crippen MR) is 140 cm³/mol. The Kier molecular flexibility index (Phi) is 8.03.